The molecule has 0 saturated carbocycles. The molecular formula is C30H20N6. The summed E-state index contributed by atoms with van der Waals surface area (Å²) in [7, 11) is 1.96. The first-order valence-electron chi connectivity index (χ1n) is 11.9. The van der Waals surface area contributed by atoms with Crippen LogP contribution in [0, 0.1) is 0 Å². The fourth-order valence-corrected chi connectivity index (χ4v) is 5.58. The molecule has 0 aliphatic carbocycles. The number of nitrogens with zero attached hydrogens (tertiary/aromatic N) is 6. The molecule has 36 heavy (non-hydrogen) atoms. The number of aromatic nitrogens is 6. The van der Waals surface area contributed by atoms with Crippen molar-refractivity contribution < 1.29 is 0 Å². The summed E-state index contributed by atoms with van der Waals surface area (Å²) in [5.74, 6) is 0.622. The Morgan fingerprint density at radius 1 is 0.583 bits per heavy atom. The van der Waals surface area contributed by atoms with Crippen LogP contribution in [-0.2, 0) is 7.05 Å². The van der Waals surface area contributed by atoms with Crippen molar-refractivity contribution in [2.75, 3.05) is 0 Å². The lowest BCUT2D eigenvalue weighted by Crippen LogP contribution is -2.02. The number of fused-ring (bicyclic) bond motifs is 8. The Bertz CT molecular complexity index is 2110. The molecule has 8 rings (SSSR count). The summed E-state index contributed by atoms with van der Waals surface area (Å²) >= 11 is 0. The molecule has 0 aliphatic heterocycles. The van der Waals surface area contributed by atoms with Gasteiger partial charge in [-0.25, -0.2) is 9.97 Å². The van der Waals surface area contributed by atoms with E-state index in [-0.39, 0.29) is 0 Å². The topological polar surface area (TPSA) is 53.5 Å². The summed E-state index contributed by atoms with van der Waals surface area (Å²) in [4.78, 5) is 14.2. The maximum Gasteiger partial charge on any atom is 0.236 e. The highest BCUT2D eigenvalue weighted by Crippen LogP contribution is 2.41. The summed E-state index contributed by atoms with van der Waals surface area (Å²) < 4.78 is 6.48. The molecule has 6 nitrogen and oxygen atoms in total. The molecule has 0 N–H and O–H groups in total. The van der Waals surface area contributed by atoms with Crippen LogP contribution in [0.1, 0.15) is 0 Å². The summed E-state index contributed by atoms with van der Waals surface area (Å²) in [5.41, 5.74) is 7.23. The van der Waals surface area contributed by atoms with Gasteiger partial charge < -0.3 is 9.13 Å². The predicted octanol–water partition coefficient (Wildman–Crippen LogP) is 6.56. The van der Waals surface area contributed by atoms with E-state index in [1.54, 1.807) is 6.33 Å². The van der Waals surface area contributed by atoms with Crippen LogP contribution in [0.5, 0.6) is 0 Å². The van der Waals surface area contributed by atoms with Crippen LogP contribution in [0.3, 0.4) is 0 Å². The second kappa shape index (κ2) is 7.02. The molecule has 0 atom stereocenters. The van der Waals surface area contributed by atoms with Gasteiger partial charge in [0.1, 0.15) is 5.52 Å². The number of hydrogen-bond acceptors (Lipinski definition) is 3. The second-order valence-electron chi connectivity index (χ2n) is 9.13. The van der Waals surface area contributed by atoms with Crippen LogP contribution < -0.4 is 0 Å². The van der Waals surface area contributed by atoms with Gasteiger partial charge >= 0.3 is 0 Å². The van der Waals surface area contributed by atoms with Crippen LogP contribution in [0.25, 0.3) is 66.4 Å². The highest BCUT2D eigenvalue weighted by Gasteiger charge is 2.21. The van der Waals surface area contributed by atoms with Crippen LogP contribution in [0.15, 0.2) is 104 Å². The average molecular weight is 465 g/mol. The molecular weight excluding hydrogens is 444 g/mol. The van der Waals surface area contributed by atoms with Crippen molar-refractivity contribution in [1.29, 1.82) is 0 Å². The number of benzene rings is 4. The zero-order valence-corrected chi connectivity index (χ0v) is 19.5. The van der Waals surface area contributed by atoms with E-state index in [4.69, 9.17) is 9.97 Å². The van der Waals surface area contributed by atoms with Gasteiger partial charge in [0.15, 0.2) is 5.65 Å². The van der Waals surface area contributed by atoms with E-state index in [0.29, 0.717) is 11.6 Å². The van der Waals surface area contributed by atoms with Crippen LogP contribution in [-0.4, -0.2) is 28.7 Å². The van der Waals surface area contributed by atoms with E-state index in [2.05, 4.69) is 105 Å². The van der Waals surface area contributed by atoms with Crippen LogP contribution in [0.2, 0.25) is 0 Å². The molecule has 0 aliphatic rings. The molecule has 0 saturated heterocycles. The van der Waals surface area contributed by atoms with Gasteiger partial charge in [-0.15, -0.1) is 0 Å². The molecule has 0 bridgehead atoms. The molecule has 4 aromatic heterocycles. The zero-order valence-electron chi connectivity index (χ0n) is 19.5. The van der Waals surface area contributed by atoms with Crippen molar-refractivity contribution in [3.8, 4) is 11.6 Å². The molecule has 4 aromatic carbocycles. The van der Waals surface area contributed by atoms with Crippen molar-refractivity contribution in [3.05, 3.63) is 104 Å². The molecule has 170 valence electrons. The quantitative estimate of drug-likeness (QED) is 0.291. The minimum atomic E-state index is 0.622. The summed E-state index contributed by atoms with van der Waals surface area (Å²) in [5, 5.41) is 4.74. The van der Waals surface area contributed by atoms with Crippen LogP contribution >= 0.6 is 0 Å². The van der Waals surface area contributed by atoms with Crippen molar-refractivity contribution in [2.24, 2.45) is 7.05 Å². The zero-order chi connectivity index (χ0) is 23.8. The lowest BCUT2D eigenvalue weighted by atomic mass is 10.1. The van der Waals surface area contributed by atoms with E-state index in [1.807, 2.05) is 17.8 Å². The molecule has 0 spiro atoms. The molecule has 6 heteroatoms. The second-order valence-corrected chi connectivity index (χ2v) is 9.13. The summed E-state index contributed by atoms with van der Waals surface area (Å²) in [6.07, 6.45) is 3.64. The molecule has 0 fully saturated rings. The van der Waals surface area contributed by atoms with Gasteiger partial charge in [0.25, 0.3) is 0 Å². The van der Waals surface area contributed by atoms with E-state index >= 15 is 0 Å². The number of aryl methyl sites for hydroxylation is 1. The minimum absolute atomic E-state index is 0.622. The Hall–Kier alpha value is -4.97. The minimum Gasteiger partial charge on any atom is -0.331 e. The smallest absolute Gasteiger partial charge is 0.236 e. The fraction of sp³-hybridized carbons (Fsp3) is 0.0333. The monoisotopic (exact) mass is 464 g/mol. The highest BCUT2D eigenvalue weighted by molar-refractivity contribution is 6.26. The maximum atomic E-state index is 4.90. The average Bonchev–Trinajstić information content (AvgIpc) is 3.58. The van der Waals surface area contributed by atoms with Gasteiger partial charge in [-0.3, -0.25) is 4.57 Å². The summed E-state index contributed by atoms with van der Waals surface area (Å²) in [6.45, 7) is 0. The van der Waals surface area contributed by atoms with Crippen molar-refractivity contribution in [1.82, 2.24) is 28.7 Å². The van der Waals surface area contributed by atoms with Crippen molar-refractivity contribution in [2.45, 2.75) is 0 Å². The molecule has 0 amide bonds. The first-order chi connectivity index (χ1) is 17.8. The number of hydrogen-bond donors (Lipinski definition) is 0. The van der Waals surface area contributed by atoms with Crippen LogP contribution in [0.4, 0.5) is 0 Å². The van der Waals surface area contributed by atoms with Crippen molar-refractivity contribution in [3.63, 3.8) is 0 Å². The Labute approximate surface area is 205 Å². The first kappa shape index (κ1) is 19.3. The number of para-hydroxylation sites is 3. The largest absolute Gasteiger partial charge is 0.331 e. The Balaban J connectivity index is 1.61. The molecule has 4 heterocycles. The lowest BCUT2D eigenvalue weighted by Gasteiger charge is -2.09. The lowest BCUT2D eigenvalue weighted by molar-refractivity contribution is 0.941. The Kier molecular flexibility index (Phi) is 3.77. The van der Waals surface area contributed by atoms with E-state index in [9.17, 15) is 0 Å². The Morgan fingerprint density at radius 3 is 2.14 bits per heavy atom. The number of rotatable bonds is 2. The highest BCUT2D eigenvalue weighted by atomic mass is 15.2. The molecule has 0 radical (unpaired) electrons. The third kappa shape index (κ3) is 2.47. The third-order valence-electron chi connectivity index (χ3n) is 7.15. The van der Waals surface area contributed by atoms with Gasteiger partial charge in [-0.2, -0.15) is 4.98 Å². The van der Waals surface area contributed by atoms with Gasteiger partial charge in [0, 0.05) is 34.3 Å². The van der Waals surface area contributed by atoms with E-state index in [0.717, 1.165) is 27.8 Å². The Morgan fingerprint density at radius 2 is 1.31 bits per heavy atom. The number of imidazole rings is 1. The summed E-state index contributed by atoms with van der Waals surface area (Å²) in [6, 6.07) is 32.1. The standard InChI is InChI=1S/C30H20N6/c1-34-18-32-29-26(34)17-31-30(33-29)36-23-13-7-5-11-20(23)21-15-16-25-27(28(21)36)22-12-6-8-14-24(22)35(25)19-9-3-2-4-10-19/h2-18H,1H3. The van der Waals surface area contributed by atoms with Crippen molar-refractivity contribution >= 4 is 54.8 Å². The van der Waals surface area contributed by atoms with E-state index < -0.39 is 0 Å². The first-order valence-corrected chi connectivity index (χ1v) is 11.9. The normalized spacial score (nSPS) is 12.0. The van der Waals surface area contributed by atoms with Gasteiger partial charge in [-0.1, -0.05) is 60.7 Å². The maximum absolute atomic E-state index is 4.90. The third-order valence-corrected chi connectivity index (χ3v) is 7.15. The fourth-order valence-electron chi connectivity index (χ4n) is 5.58. The van der Waals surface area contributed by atoms with E-state index in [1.165, 1.54) is 27.1 Å². The predicted molar refractivity (Wildman–Crippen MR) is 145 cm³/mol. The van der Waals surface area contributed by atoms with Gasteiger partial charge in [0.05, 0.1) is 34.6 Å². The molecule has 0 unspecified atom stereocenters. The van der Waals surface area contributed by atoms with Gasteiger partial charge in [-0.05, 0) is 30.3 Å². The van der Waals surface area contributed by atoms with Gasteiger partial charge in [0.2, 0.25) is 5.95 Å². The SMILES string of the molecule is Cn1cnc2nc(-n3c4ccccc4c4ccc5c(c6ccccc6n5-c5ccccc5)c43)ncc21. The molecule has 8 aromatic rings.